The molecule has 0 aliphatic carbocycles. The van der Waals surface area contributed by atoms with E-state index in [1.807, 2.05) is 6.07 Å². The molecule has 1 saturated heterocycles. The molecule has 108 valence electrons. The highest BCUT2D eigenvalue weighted by atomic mass is 16.4. The number of aliphatic carboxylic acids is 1. The predicted molar refractivity (Wildman–Crippen MR) is 80.9 cm³/mol. The van der Waals surface area contributed by atoms with Gasteiger partial charge in [-0.2, -0.15) is 0 Å². The van der Waals surface area contributed by atoms with E-state index in [2.05, 4.69) is 42.7 Å². The Balaban J connectivity index is 2.02. The van der Waals surface area contributed by atoms with E-state index in [1.165, 1.54) is 5.56 Å². The van der Waals surface area contributed by atoms with Crippen molar-refractivity contribution in [1.82, 2.24) is 4.90 Å². The fourth-order valence-electron chi connectivity index (χ4n) is 2.96. The Bertz CT molecular complexity index is 483. The van der Waals surface area contributed by atoms with Gasteiger partial charge < -0.3 is 5.11 Å². The second-order valence-corrected chi connectivity index (χ2v) is 5.97. The minimum atomic E-state index is -0.889. The molecular weight excluding hydrogens is 250 g/mol. The Hall–Kier alpha value is -1.61. The van der Waals surface area contributed by atoms with Crippen LogP contribution < -0.4 is 0 Å². The Labute approximate surface area is 120 Å². The van der Waals surface area contributed by atoms with Crippen LogP contribution in [0.1, 0.15) is 31.7 Å². The maximum Gasteiger partial charge on any atom is 0.332 e. The minimum Gasteiger partial charge on any atom is -0.478 e. The molecule has 1 aliphatic heterocycles. The summed E-state index contributed by atoms with van der Waals surface area (Å²) in [6, 6.07) is 10.6. The normalized spacial score (nSPS) is 24.1. The molecule has 1 aromatic carbocycles. The number of carboxylic acid groups (broad SMARTS) is 1. The first kappa shape index (κ1) is 14.8. The standard InChI is InChI=1S/C17H23NO2/c1-14(16(19)20)13-18-11-6-9-17(2,10-12-18)15-7-4-3-5-8-15/h3-5,7-8H,1,6,9-13H2,2H3,(H,19,20). The van der Waals surface area contributed by atoms with E-state index in [-0.39, 0.29) is 11.0 Å². The number of benzene rings is 1. The zero-order valence-corrected chi connectivity index (χ0v) is 12.1. The summed E-state index contributed by atoms with van der Waals surface area (Å²) >= 11 is 0. The van der Waals surface area contributed by atoms with Gasteiger partial charge in [0.1, 0.15) is 0 Å². The van der Waals surface area contributed by atoms with E-state index in [4.69, 9.17) is 5.11 Å². The van der Waals surface area contributed by atoms with Crippen LogP contribution in [-0.2, 0) is 10.2 Å². The van der Waals surface area contributed by atoms with Crippen molar-refractivity contribution in [1.29, 1.82) is 0 Å². The Morgan fingerprint density at radius 2 is 2.00 bits per heavy atom. The molecule has 0 spiro atoms. The Kier molecular flexibility index (Phi) is 4.61. The van der Waals surface area contributed by atoms with Crippen molar-refractivity contribution >= 4 is 5.97 Å². The maximum absolute atomic E-state index is 10.9. The molecule has 0 amide bonds. The first-order valence-corrected chi connectivity index (χ1v) is 7.20. The second-order valence-electron chi connectivity index (χ2n) is 5.97. The number of rotatable bonds is 4. The van der Waals surface area contributed by atoms with Crippen LogP contribution in [0.5, 0.6) is 0 Å². The quantitative estimate of drug-likeness (QED) is 0.857. The van der Waals surface area contributed by atoms with Crippen LogP contribution >= 0.6 is 0 Å². The average Bonchev–Trinajstić information content (AvgIpc) is 2.63. The molecule has 2 rings (SSSR count). The maximum atomic E-state index is 10.9. The molecule has 1 aromatic rings. The minimum absolute atomic E-state index is 0.195. The van der Waals surface area contributed by atoms with Crippen LogP contribution in [0.25, 0.3) is 0 Å². The molecule has 20 heavy (non-hydrogen) atoms. The fraction of sp³-hybridized carbons (Fsp3) is 0.471. The summed E-state index contributed by atoms with van der Waals surface area (Å²) in [4.78, 5) is 13.1. The molecule has 1 aliphatic rings. The number of likely N-dealkylation sites (tertiary alicyclic amines) is 1. The lowest BCUT2D eigenvalue weighted by Crippen LogP contribution is -2.30. The van der Waals surface area contributed by atoms with Crippen molar-refractivity contribution < 1.29 is 9.90 Å². The highest BCUT2D eigenvalue weighted by Gasteiger charge is 2.29. The third-order valence-electron chi connectivity index (χ3n) is 4.37. The molecule has 0 bridgehead atoms. The lowest BCUT2D eigenvalue weighted by molar-refractivity contribution is -0.132. The largest absolute Gasteiger partial charge is 0.478 e. The number of hydrogen-bond acceptors (Lipinski definition) is 2. The van der Waals surface area contributed by atoms with E-state index >= 15 is 0 Å². The monoisotopic (exact) mass is 273 g/mol. The molecule has 1 atom stereocenters. The summed E-state index contributed by atoms with van der Waals surface area (Å²) in [6.07, 6.45) is 3.30. The van der Waals surface area contributed by atoms with Crippen molar-refractivity contribution in [3.8, 4) is 0 Å². The summed E-state index contributed by atoms with van der Waals surface area (Å²) in [5, 5.41) is 8.94. The molecule has 1 N–H and O–H groups in total. The van der Waals surface area contributed by atoms with Crippen LogP contribution in [0.2, 0.25) is 0 Å². The van der Waals surface area contributed by atoms with Crippen LogP contribution in [0, 0.1) is 0 Å². The Morgan fingerprint density at radius 1 is 1.30 bits per heavy atom. The summed E-state index contributed by atoms with van der Waals surface area (Å²) in [5.74, 6) is -0.889. The van der Waals surface area contributed by atoms with Crippen LogP contribution in [0.4, 0.5) is 0 Å². The van der Waals surface area contributed by atoms with Gasteiger partial charge in [0.05, 0.1) is 0 Å². The second kappa shape index (κ2) is 6.23. The van der Waals surface area contributed by atoms with Gasteiger partial charge in [0, 0.05) is 12.1 Å². The molecular formula is C17H23NO2. The molecule has 0 radical (unpaired) electrons. The van der Waals surface area contributed by atoms with Crippen molar-refractivity contribution in [3.05, 3.63) is 48.0 Å². The van der Waals surface area contributed by atoms with Crippen LogP contribution in [-0.4, -0.2) is 35.6 Å². The highest BCUT2D eigenvalue weighted by molar-refractivity contribution is 5.86. The zero-order chi connectivity index (χ0) is 14.6. The van der Waals surface area contributed by atoms with Gasteiger partial charge >= 0.3 is 5.97 Å². The first-order chi connectivity index (χ1) is 9.51. The molecule has 0 saturated carbocycles. The number of hydrogen-bond donors (Lipinski definition) is 1. The van der Waals surface area contributed by atoms with Gasteiger partial charge in [0.25, 0.3) is 0 Å². The van der Waals surface area contributed by atoms with E-state index in [0.29, 0.717) is 6.54 Å². The molecule has 1 unspecified atom stereocenters. The van der Waals surface area contributed by atoms with Crippen LogP contribution in [0.15, 0.2) is 42.5 Å². The molecule has 1 heterocycles. The van der Waals surface area contributed by atoms with Crippen LogP contribution in [0.3, 0.4) is 0 Å². The smallest absolute Gasteiger partial charge is 0.332 e. The van der Waals surface area contributed by atoms with Gasteiger partial charge in [-0.15, -0.1) is 0 Å². The van der Waals surface area contributed by atoms with E-state index in [9.17, 15) is 4.79 Å². The van der Waals surface area contributed by atoms with Gasteiger partial charge in [0.15, 0.2) is 0 Å². The number of nitrogens with zero attached hydrogens (tertiary/aromatic N) is 1. The van der Waals surface area contributed by atoms with Gasteiger partial charge in [-0.1, -0.05) is 43.8 Å². The Morgan fingerprint density at radius 3 is 2.65 bits per heavy atom. The molecule has 0 aromatic heterocycles. The van der Waals surface area contributed by atoms with Gasteiger partial charge in [-0.05, 0) is 43.3 Å². The predicted octanol–water partition coefficient (Wildman–Crippen LogP) is 3.07. The van der Waals surface area contributed by atoms with Gasteiger partial charge in [0.2, 0.25) is 0 Å². The van der Waals surface area contributed by atoms with E-state index in [0.717, 1.165) is 32.4 Å². The lowest BCUT2D eigenvalue weighted by Gasteiger charge is -2.29. The molecule has 3 nitrogen and oxygen atoms in total. The van der Waals surface area contributed by atoms with Gasteiger partial charge in [-0.25, -0.2) is 4.79 Å². The highest BCUT2D eigenvalue weighted by Crippen LogP contribution is 2.34. The first-order valence-electron chi connectivity index (χ1n) is 7.20. The lowest BCUT2D eigenvalue weighted by atomic mass is 9.76. The van der Waals surface area contributed by atoms with E-state index < -0.39 is 5.97 Å². The summed E-state index contributed by atoms with van der Waals surface area (Å²) < 4.78 is 0. The van der Waals surface area contributed by atoms with Crippen molar-refractivity contribution in [2.75, 3.05) is 19.6 Å². The summed E-state index contributed by atoms with van der Waals surface area (Å²) in [6.45, 7) is 8.30. The van der Waals surface area contributed by atoms with Crippen molar-refractivity contribution in [2.24, 2.45) is 0 Å². The zero-order valence-electron chi connectivity index (χ0n) is 12.1. The average molecular weight is 273 g/mol. The van der Waals surface area contributed by atoms with E-state index in [1.54, 1.807) is 0 Å². The summed E-state index contributed by atoms with van der Waals surface area (Å²) in [5.41, 5.74) is 1.87. The SMILES string of the molecule is C=C(CN1CCCC(C)(c2ccccc2)CC1)C(=O)O. The number of carbonyl (C=O) groups is 1. The van der Waals surface area contributed by atoms with Gasteiger partial charge in [-0.3, -0.25) is 4.90 Å². The van der Waals surface area contributed by atoms with Crippen molar-refractivity contribution in [2.45, 2.75) is 31.6 Å². The topological polar surface area (TPSA) is 40.5 Å². The van der Waals surface area contributed by atoms with Crippen molar-refractivity contribution in [3.63, 3.8) is 0 Å². The number of carboxylic acids is 1. The third-order valence-corrected chi connectivity index (χ3v) is 4.37. The summed E-state index contributed by atoms with van der Waals surface area (Å²) in [7, 11) is 0. The molecule has 3 heteroatoms. The third kappa shape index (κ3) is 3.48. The fourth-order valence-corrected chi connectivity index (χ4v) is 2.96. The molecule has 1 fully saturated rings.